The van der Waals surface area contributed by atoms with E-state index in [0.29, 0.717) is 6.04 Å². The molecular formula is C19H20ClN3. The van der Waals surface area contributed by atoms with E-state index in [2.05, 4.69) is 63.7 Å². The first kappa shape index (κ1) is 14.6. The summed E-state index contributed by atoms with van der Waals surface area (Å²) in [6.07, 6.45) is 2.98. The number of benzene rings is 2. The molecule has 3 nitrogen and oxygen atoms in total. The lowest BCUT2D eigenvalue weighted by Crippen LogP contribution is -2.52. The highest BCUT2D eigenvalue weighted by Crippen LogP contribution is 2.30. The van der Waals surface area contributed by atoms with Crippen molar-refractivity contribution in [2.75, 3.05) is 24.5 Å². The Labute approximate surface area is 141 Å². The SMILES string of the molecule is Clc1cc(N2CCNCC2Cc2ccccc2)cc2cc[nH]c12. The van der Waals surface area contributed by atoms with Crippen molar-refractivity contribution in [2.45, 2.75) is 12.5 Å². The maximum atomic E-state index is 6.46. The second-order valence-electron chi connectivity index (χ2n) is 6.11. The lowest BCUT2D eigenvalue weighted by Gasteiger charge is -2.38. The Morgan fingerprint density at radius 2 is 2.00 bits per heavy atom. The number of rotatable bonds is 3. The number of H-pyrrole nitrogens is 1. The van der Waals surface area contributed by atoms with Crippen molar-refractivity contribution in [3.8, 4) is 0 Å². The first-order chi connectivity index (χ1) is 11.3. The van der Waals surface area contributed by atoms with Gasteiger partial charge in [-0.2, -0.15) is 0 Å². The lowest BCUT2D eigenvalue weighted by atomic mass is 10.0. The standard InChI is InChI=1S/C19H20ClN3/c20-18-12-16(11-15-6-7-22-19(15)18)23-9-8-21-13-17(23)10-14-4-2-1-3-5-14/h1-7,11-12,17,21-22H,8-10,13H2. The van der Waals surface area contributed by atoms with Crippen LogP contribution < -0.4 is 10.2 Å². The molecule has 1 unspecified atom stereocenters. The maximum Gasteiger partial charge on any atom is 0.0667 e. The molecule has 1 aliphatic heterocycles. The summed E-state index contributed by atoms with van der Waals surface area (Å²) in [4.78, 5) is 5.69. The number of halogens is 1. The second kappa shape index (κ2) is 6.26. The van der Waals surface area contributed by atoms with Crippen molar-refractivity contribution < 1.29 is 0 Å². The molecule has 0 amide bonds. The molecule has 1 aliphatic rings. The molecule has 2 heterocycles. The van der Waals surface area contributed by atoms with Crippen molar-refractivity contribution in [1.82, 2.24) is 10.3 Å². The van der Waals surface area contributed by atoms with E-state index in [4.69, 9.17) is 11.6 Å². The normalized spacial score (nSPS) is 18.5. The Bertz CT molecular complexity index is 797. The average molecular weight is 326 g/mol. The minimum Gasteiger partial charge on any atom is -0.366 e. The van der Waals surface area contributed by atoms with Gasteiger partial charge in [-0.3, -0.25) is 0 Å². The van der Waals surface area contributed by atoms with Crippen LogP contribution in [0, 0.1) is 0 Å². The van der Waals surface area contributed by atoms with Crippen molar-refractivity contribution >= 4 is 28.2 Å². The fourth-order valence-electron chi connectivity index (χ4n) is 3.45. The Kier molecular flexibility index (Phi) is 3.98. The quantitative estimate of drug-likeness (QED) is 0.766. The number of aromatic nitrogens is 1. The predicted octanol–water partition coefficient (Wildman–Crippen LogP) is 3.84. The van der Waals surface area contributed by atoms with Gasteiger partial charge < -0.3 is 15.2 Å². The minimum absolute atomic E-state index is 0.443. The molecule has 118 valence electrons. The number of nitrogens with zero attached hydrogens (tertiary/aromatic N) is 1. The predicted molar refractivity (Wildman–Crippen MR) is 97.5 cm³/mol. The summed E-state index contributed by atoms with van der Waals surface area (Å²) in [5, 5.41) is 5.48. The summed E-state index contributed by atoms with van der Waals surface area (Å²) in [7, 11) is 0. The molecule has 1 fully saturated rings. The van der Waals surface area contributed by atoms with Crippen molar-refractivity contribution in [3.05, 3.63) is 65.3 Å². The molecule has 0 aliphatic carbocycles. The maximum absolute atomic E-state index is 6.46. The van der Waals surface area contributed by atoms with Gasteiger partial charge in [0.25, 0.3) is 0 Å². The van der Waals surface area contributed by atoms with E-state index in [1.165, 1.54) is 16.6 Å². The van der Waals surface area contributed by atoms with Crippen molar-refractivity contribution in [3.63, 3.8) is 0 Å². The third-order valence-corrected chi connectivity index (χ3v) is 4.89. The summed E-state index contributed by atoms with van der Waals surface area (Å²) in [5.74, 6) is 0. The molecule has 2 aromatic carbocycles. The van der Waals surface area contributed by atoms with Crippen LogP contribution in [-0.2, 0) is 6.42 Å². The zero-order chi connectivity index (χ0) is 15.6. The smallest absolute Gasteiger partial charge is 0.0667 e. The summed E-state index contributed by atoms with van der Waals surface area (Å²) < 4.78 is 0. The van der Waals surface area contributed by atoms with Crippen LogP contribution in [0.5, 0.6) is 0 Å². The van der Waals surface area contributed by atoms with Gasteiger partial charge in [0.15, 0.2) is 0 Å². The molecule has 0 bridgehead atoms. The molecule has 0 spiro atoms. The van der Waals surface area contributed by atoms with Gasteiger partial charge in [-0.1, -0.05) is 41.9 Å². The molecule has 4 rings (SSSR count). The van der Waals surface area contributed by atoms with Crippen LogP contribution in [0.4, 0.5) is 5.69 Å². The number of nitrogens with one attached hydrogen (secondary N) is 2. The first-order valence-electron chi connectivity index (χ1n) is 8.09. The van der Waals surface area contributed by atoms with Crippen LogP contribution in [0.3, 0.4) is 0 Å². The molecule has 3 aromatic rings. The van der Waals surface area contributed by atoms with E-state index in [9.17, 15) is 0 Å². The fourth-order valence-corrected chi connectivity index (χ4v) is 3.72. The zero-order valence-electron chi connectivity index (χ0n) is 12.9. The summed E-state index contributed by atoms with van der Waals surface area (Å²) in [6, 6.07) is 17.5. The largest absolute Gasteiger partial charge is 0.366 e. The van der Waals surface area contributed by atoms with E-state index in [-0.39, 0.29) is 0 Å². The number of piperazine rings is 1. The zero-order valence-corrected chi connectivity index (χ0v) is 13.7. The van der Waals surface area contributed by atoms with Crippen LogP contribution in [0.15, 0.2) is 54.7 Å². The van der Waals surface area contributed by atoms with E-state index in [0.717, 1.165) is 36.6 Å². The van der Waals surface area contributed by atoms with Crippen LogP contribution >= 0.6 is 11.6 Å². The summed E-state index contributed by atoms with van der Waals surface area (Å²) in [5.41, 5.74) is 3.61. The molecule has 1 atom stereocenters. The van der Waals surface area contributed by atoms with Gasteiger partial charge in [0, 0.05) is 42.9 Å². The number of hydrogen-bond acceptors (Lipinski definition) is 2. The second-order valence-corrected chi connectivity index (χ2v) is 6.52. The number of fused-ring (bicyclic) bond motifs is 1. The van der Waals surface area contributed by atoms with Crippen LogP contribution in [-0.4, -0.2) is 30.7 Å². The molecule has 0 saturated carbocycles. The Hall–Kier alpha value is -1.97. The first-order valence-corrected chi connectivity index (χ1v) is 8.47. The summed E-state index contributed by atoms with van der Waals surface area (Å²) >= 11 is 6.46. The molecule has 1 saturated heterocycles. The van der Waals surface area contributed by atoms with Gasteiger partial charge in [-0.25, -0.2) is 0 Å². The number of anilines is 1. The van der Waals surface area contributed by atoms with Gasteiger partial charge in [0.05, 0.1) is 10.5 Å². The van der Waals surface area contributed by atoms with E-state index in [1.807, 2.05) is 6.20 Å². The Morgan fingerprint density at radius 1 is 1.13 bits per heavy atom. The minimum atomic E-state index is 0.443. The molecule has 1 aromatic heterocycles. The molecular weight excluding hydrogens is 306 g/mol. The molecule has 23 heavy (non-hydrogen) atoms. The summed E-state index contributed by atoms with van der Waals surface area (Å²) in [6.45, 7) is 3.01. The average Bonchev–Trinajstić information content (AvgIpc) is 3.05. The third-order valence-electron chi connectivity index (χ3n) is 4.59. The molecule has 4 heteroatoms. The van der Waals surface area contributed by atoms with Gasteiger partial charge in [-0.05, 0) is 30.2 Å². The monoisotopic (exact) mass is 325 g/mol. The fraction of sp³-hybridized carbons (Fsp3) is 0.263. The van der Waals surface area contributed by atoms with Crippen LogP contribution in [0.25, 0.3) is 10.9 Å². The lowest BCUT2D eigenvalue weighted by molar-refractivity contribution is 0.474. The van der Waals surface area contributed by atoms with Crippen molar-refractivity contribution in [1.29, 1.82) is 0 Å². The van der Waals surface area contributed by atoms with Crippen molar-refractivity contribution in [2.24, 2.45) is 0 Å². The third kappa shape index (κ3) is 2.94. The Morgan fingerprint density at radius 3 is 2.87 bits per heavy atom. The van der Waals surface area contributed by atoms with E-state index in [1.54, 1.807) is 0 Å². The van der Waals surface area contributed by atoms with Gasteiger partial charge in [-0.15, -0.1) is 0 Å². The Balaban J connectivity index is 1.66. The molecule has 2 N–H and O–H groups in total. The highest BCUT2D eigenvalue weighted by molar-refractivity contribution is 6.35. The number of hydrogen-bond donors (Lipinski definition) is 2. The van der Waals surface area contributed by atoms with E-state index >= 15 is 0 Å². The van der Waals surface area contributed by atoms with Crippen LogP contribution in [0.2, 0.25) is 5.02 Å². The highest BCUT2D eigenvalue weighted by Gasteiger charge is 2.23. The highest BCUT2D eigenvalue weighted by atomic mass is 35.5. The van der Waals surface area contributed by atoms with Gasteiger partial charge in [0.1, 0.15) is 0 Å². The number of aromatic amines is 1. The van der Waals surface area contributed by atoms with E-state index < -0.39 is 0 Å². The van der Waals surface area contributed by atoms with Gasteiger partial charge in [0.2, 0.25) is 0 Å². The van der Waals surface area contributed by atoms with Gasteiger partial charge >= 0.3 is 0 Å². The molecule has 0 radical (unpaired) electrons. The van der Waals surface area contributed by atoms with Crippen LogP contribution in [0.1, 0.15) is 5.56 Å². The topological polar surface area (TPSA) is 31.1 Å².